The van der Waals surface area contributed by atoms with Gasteiger partial charge in [-0.2, -0.15) is 0 Å². The Kier molecular flexibility index (Phi) is 8.44. The van der Waals surface area contributed by atoms with Gasteiger partial charge in [0.15, 0.2) is 0 Å². The Morgan fingerprint density at radius 1 is 0.460 bits per heavy atom. The third-order valence-electron chi connectivity index (χ3n) is 9.26. The van der Waals surface area contributed by atoms with E-state index in [0.29, 0.717) is 6.54 Å². The molecular weight excluding hydrogens is 613 g/mol. The van der Waals surface area contributed by atoms with Crippen molar-refractivity contribution in [1.29, 1.82) is 0 Å². The molecule has 0 amide bonds. The Balaban J connectivity index is 0.000000157. The lowest BCUT2D eigenvalue weighted by Gasteiger charge is -2.06. The molecule has 0 aliphatic carbocycles. The number of hydrogen-bond donors (Lipinski definition) is 2. The third-order valence-corrected chi connectivity index (χ3v) is 9.26. The standard InChI is InChI=1S/C27H19NO2.C19H17N/c28-21(18-10-6-14-25-27(18)20-9-2-4-12-23(20)30-25)16-15-17-7-5-13-24-26(17)19-8-1-3-11-22(19)29-24;20-14-15-6-8-17(9-7-15)19-12-10-18(11-13-19)16-4-2-1-3-5-16/h1-14,16H,15,28H2;1-13H,14,20H2/b21-16-;. The molecule has 0 aliphatic rings. The summed E-state index contributed by atoms with van der Waals surface area (Å²) < 4.78 is 12.0. The van der Waals surface area contributed by atoms with Crippen molar-refractivity contribution in [2.24, 2.45) is 11.5 Å². The maximum Gasteiger partial charge on any atom is 0.136 e. The fourth-order valence-corrected chi connectivity index (χ4v) is 6.68. The molecule has 0 unspecified atom stereocenters. The molecule has 0 saturated heterocycles. The van der Waals surface area contributed by atoms with Gasteiger partial charge >= 0.3 is 0 Å². The van der Waals surface area contributed by atoms with Crippen LogP contribution in [0.5, 0.6) is 0 Å². The summed E-state index contributed by atoms with van der Waals surface area (Å²) in [5.74, 6) is 0. The van der Waals surface area contributed by atoms with Crippen LogP contribution in [-0.2, 0) is 13.0 Å². The van der Waals surface area contributed by atoms with Crippen molar-refractivity contribution in [2.45, 2.75) is 13.0 Å². The Bertz CT molecular complexity index is 2590. The number of furan rings is 2. The zero-order chi connectivity index (χ0) is 33.9. The van der Waals surface area contributed by atoms with Crippen LogP contribution >= 0.6 is 0 Å². The number of rotatable bonds is 6. The summed E-state index contributed by atoms with van der Waals surface area (Å²) in [7, 11) is 0. The molecule has 9 aromatic rings. The fraction of sp³-hybridized carbons (Fsp3) is 0.0435. The maximum atomic E-state index is 6.59. The van der Waals surface area contributed by atoms with Gasteiger partial charge in [0.2, 0.25) is 0 Å². The molecule has 9 rings (SSSR count). The normalized spacial score (nSPS) is 11.7. The average molecular weight is 649 g/mol. The third kappa shape index (κ3) is 6.05. The fourth-order valence-electron chi connectivity index (χ4n) is 6.68. The molecule has 0 atom stereocenters. The first kappa shape index (κ1) is 30.9. The first-order valence-corrected chi connectivity index (χ1v) is 16.9. The molecular formula is C46H36N2O2. The van der Waals surface area contributed by atoms with Crippen molar-refractivity contribution in [1.82, 2.24) is 0 Å². The molecule has 0 saturated carbocycles. The molecule has 7 aromatic carbocycles. The van der Waals surface area contributed by atoms with E-state index in [1.807, 2.05) is 66.7 Å². The lowest BCUT2D eigenvalue weighted by atomic mass is 10.00. The van der Waals surface area contributed by atoms with Gasteiger partial charge in [-0.3, -0.25) is 0 Å². The molecule has 0 radical (unpaired) electrons. The predicted molar refractivity (Wildman–Crippen MR) is 209 cm³/mol. The highest BCUT2D eigenvalue weighted by molar-refractivity contribution is 6.10. The summed E-state index contributed by atoms with van der Waals surface area (Å²) >= 11 is 0. The van der Waals surface area contributed by atoms with E-state index < -0.39 is 0 Å². The smallest absolute Gasteiger partial charge is 0.136 e. The SMILES string of the molecule is N/C(=C\Cc1cccc2oc3ccccc3c12)c1cccc2oc3ccccc3c12.NCc1ccc(-c2ccc(-c3ccccc3)cc2)cc1. The molecule has 0 spiro atoms. The highest BCUT2D eigenvalue weighted by Crippen LogP contribution is 2.35. The second-order valence-electron chi connectivity index (χ2n) is 12.4. The quantitative estimate of drug-likeness (QED) is 0.188. The number of fused-ring (bicyclic) bond motifs is 6. The van der Waals surface area contributed by atoms with E-state index in [1.165, 1.54) is 27.8 Å². The molecule has 50 heavy (non-hydrogen) atoms. The second-order valence-corrected chi connectivity index (χ2v) is 12.4. The molecule has 2 aromatic heterocycles. The van der Waals surface area contributed by atoms with Gasteiger partial charge in [0, 0.05) is 39.4 Å². The van der Waals surface area contributed by atoms with Crippen LogP contribution in [-0.4, -0.2) is 0 Å². The Labute approximate surface area is 290 Å². The number of para-hydroxylation sites is 2. The molecule has 0 bridgehead atoms. The van der Waals surface area contributed by atoms with Gasteiger partial charge in [-0.1, -0.05) is 146 Å². The van der Waals surface area contributed by atoms with E-state index in [4.69, 9.17) is 20.3 Å². The van der Waals surface area contributed by atoms with Crippen LogP contribution in [0.4, 0.5) is 0 Å². The summed E-state index contributed by atoms with van der Waals surface area (Å²) in [6.45, 7) is 0.591. The summed E-state index contributed by atoms with van der Waals surface area (Å²) in [5, 5.41) is 4.44. The van der Waals surface area contributed by atoms with E-state index in [0.717, 1.165) is 67.1 Å². The zero-order valence-corrected chi connectivity index (χ0v) is 27.6. The van der Waals surface area contributed by atoms with Crippen LogP contribution in [0.3, 0.4) is 0 Å². The van der Waals surface area contributed by atoms with Crippen molar-refractivity contribution in [3.05, 3.63) is 187 Å². The Morgan fingerprint density at radius 2 is 0.940 bits per heavy atom. The second kappa shape index (κ2) is 13.6. The van der Waals surface area contributed by atoms with Gasteiger partial charge in [-0.25, -0.2) is 0 Å². The lowest BCUT2D eigenvalue weighted by Crippen LogP contribution is -1.98. The van der Waals surface area contributed by atoms with Crippen molar-refractivity contribution in [2.75, 3.05) is 0 Å². The lowest BCUT2D eigenvalue weighted by molar-refractivity contribution is 0.668. The largest absolute Gasteiger partial charge is 0.456 e. The monoisotopic (exact) mass is 648 g/mol. The van der Waals surface area contributed by atoms with Crippen LogP contribution in [0.25, 0.3) is 71.8 Å². The first-order chi connectivity index (χ1) is 24.7. The van der Waals surface area contributed by atoms with Gasteiger partial charge in [0.1, 0.15) is 22.3 Å². The first-order valence-electron chi connectivity index (χ1n) is 16.9. The molecule has 0 fully saturated rings. The minimum absolute atomic E-state index is 0.591. The van der Waals surface area contributed by atoms with Gasteiger partial charge < -0.3 is 20.3 Å². The summed E-state index contributed by atoms with van der Waals surface area (Å²) in [4.78, 5) is 0. The average Bonchev–Trinajstić information content (AvgIpc) is 3.77. The number of benzene rings is 7. The van der Waals surface area contributed by atoms with E-state index in [-0.39, 0.29) is 0 Å². The highest BCUT2D eigenvalue weighted by atomic mass is 16.3. The molecule has 4 N–H and O–H groups in total. The van der Waals surface area contributed by atoms with Crippen molar-refractivity contribution >= 4 is 49.6 Å². The molecule has 2 heterocycles. The number of allylic oxidation sites excluding steroid dienone is 1. The van der Waals surface area contributed by atoms with Gasteiger partial charge in [0.05, 0.1) is 0 Å². The van der Waals surface area contributed by atoms with Gasteiger partial charge in [-0.15, -0.1) is 0 Å². The van der Waals surface area contributed by atoms with Crippen LogP contribution in [0.2, 0.25) is 0 Å². The van der Waals surface area contributed by atoms with Crippen molar-refractivity contribution in [3.63, 3.8) is 0 Å². The molecule has 242 valence electrons. The molecule has 4 nitrogen and oxygen atoms in total. The molecule has 4 heteroatoms. The van der Waals surface area contributed by atoms with Crippen LogP contribution in [0, 0.1) is 0 Å². The van der Waals surface area contributed by atoms with Gasteiger partial charge in [-0.05, 0) is 64.1 Å². The van der Waals surface area contributed by atoms with Gasteiger partial charge in [0.25, 0.3) is 0 Å². The highest BCUT2D eigenvalue weighted by Gasteiger charge is 2.13. The summed E-state index contributed by atoms with van der Waals surface area (Å²) in [6, 6.07) is 56.0. The van der Waals surface area contributed by atoms with E-state index >= 15 is 0 Å². The van der Waals surface area contributed by atoms with E-state index in [2.05, 4.69) is 103 Å². The minimum atomic E-state index is 0.591. The van der Waals surface area contributed by atoms with Crippen LogP contribution in [0.1, 0.15) is 16.7 Å². The summed E-state index contributed by atoms with van der Waals surface area (Å²) in [5.41, 5.74) is 24.8. The minimum Gasteiger partial charge on any atom is -0.456 e. The van der Waals surface area contributed by atoms with E-state index in [1.54, 1.807) is 0 Å². The van der Waals surface area contributed by atoms with Crippen LogP contribution in [0.15, 0.2) is 179 Å². The van der Waals surface area contributed by atoms with Crippen molar-refractivity contribution < 1.29 is 8.83 Å². The van der Waals surface area contributed by atoms with Crippen LogP contribution < -0.4 is 11.5 Å². The predicted octanol–water partition coefficient (Wildman–Crippen LogP) is 11.5. The molecule has 0 aliphatic heterocycles. The number of hydrogen-bond acceptors (Lipinski definition) is 4. The topological polar surface area (TPSA) is 78.3 Å². The zero-order valence-electron chi connectivity index (χ0n) is 27.6. The van der Waals surface area contributed by atoms with E-state index in [9.17, 15) is 0 Å². The van der Waals surface area contributed by atoms with Crippen molar-refractivity contribution in [3.8, 4) is 22.3 Å². The maximum absolute atomic E-state index is 6.59. The Morgan fingerprint density at radius 3 is 1.56 bits per heavy atom. The summed E-state index contributed by atoms with van der Waals surface area (Å²) in [6.07, 6.45) is 2.81. The number of nitrogens with two attached hydrogens (primary N) is 2. The Hall–Kier alpha value is -6.36.